The summed E-state index contributed by atoms with van der Waals surface area (Å²) in [5.74, 6) is 0. The highest BCUT2D eigenvalue weighted by atomic mass is 16.3. The van der Waals surface area contributed by atoms with Crippen LogP contribution in [0.5, 0.6) is 0 Å². The summed E-state index contributed by atoms with van der Waals surface area (Å²) < 4.78 is 6.27. The number of furan rings is 1. The van der Waals surface area contributed by atoms with Crippen molar-refractivity contribution in [1.82, 2.24) is 0 Å². The third-order valence-electron chi connectivity index (χ3n) is 5.53. The molecule has 0 N–H and O–H groups in total. The number of fused-ring (bicyclic) bond motifs is 4. The molecule has 6 rings (SSSR count). The smallest absolute Gasteiger partial charge is 0.136 e. The zero-order valence-electron chi connectivity index (χ0n) is 14.4. The highest BCUT2D eigenvalue weighted by Crippen LogP contribution is 2.39. The van der Waals surface area contributed by atoms with Crippen LogP contribution in [0.1, 0.15) is 23.6 Å². The largest absolute Gasteiger partial charge is 0.456 e. The van der Waals surface area contributed by atoms with E-state index in [9.17, 15) is 0 Å². The third kappa shape index (κ3) is 1.77. The number of nitrogens with zero attached hydrogens (tertiary/aromatic N) is 2. The molecule has 1 unspecified atom stereocenters. The van der Waals surface area contributed by atoms with Crippen molar-refractivity contribution in [1.29, 1.82) is 0 Å². The molecule has 3 aromatic carbocycles. The fourth-order valence-electron chi connectivity index (χ4n) is 4.32. The Morgan fingerprint density at radius 1 is 1.00 bits per heavy atom. The van der Waals surface area contributed by atoms with E-state index in [4.69, 9.17) is 4.42 Å². The summed E-state index contributed by atoms with van der Waals surface area (Å²) in [7, 11) is 0. The fraction of sp³-hybridized carbons (Fsp3) is 0.130. The van der Waals surface area contributed by atoms with Crippen molar-refractivity contribution in [3.05, 3.63) is 65.2 Å². The second kappa shape index (κ2) is 4.92. The van der Waals surface area contributed by atoms with E-state index in [0.29, 0.717) is 0 Å². The SMILES string of the molecule is CC1N=CN=C1c1ccc2c(c1)oc1cc3c4c(cccc4c12)CC=C3. The highest BCUT2D eigenvalue weighted by Gasteiger charge is 2.19. The van der Waals surface area contributed by atoms with Crippen LogP contribution in [0.15, 0.2) is 62.9 Å². The quantitative estimate of drug-likeness (QED) is 0.450. The van der Waals surface area contributed by atoms with Gasteiger partial charge in [0.1, 0.15) is 17.5 Å². The maximum Gasteiger partial charge on any atom is 0.136 e. The van der Waals surface area contributed by atoms with Crippen LogP contribution >= 0.6 is 0 Å². The third-order valence-corrected chi connectivity index (χ3v) is 5.53. The zero-order chi connectivity index (χ0) is 17.3. The Morgan fingerprint density at radius 3 is 2.85 bits per heavy atom. The van der Waals surface area contributed by atoms with Crippen molar-refractivity contribution in [3.63, 3.8) is 0 Å². The number of benzene rings is 3. The summed E-state index contributed by atoms with van der Waals surface area (Å²) in [5.41, 5.74) is 6.57. The Kier molecular flexibility index (Phi) is 2.65. The standard InChI is InChI=1S/C23H16N2O/c1-13-23(25-12-24-13)16-8-9-17-19(11-16)26-20-10-15-6-2-4-14-5-3-7-18(21(14)15)22(17)20/h2-3,5-13H,4H2,1H3. The van der Waals surface area contributed by atoms with Gasteiger partial charge in [0, 0.05) is 16.3 Å². The second-order valence-corrected chi connectivity index (χ2v) is 7.05. The van der Waals surface area contributed by atoms with Gasteiger partial charge in [-0.3, -0.25) is 4.99 Å². The summed E-state index contributed by atoms with van der Waals surface area (Å²) in [4.78, 5) is 8.75. The van der Waals surface area contributed by atoms with Crippen molar-refractivity contribution < 1.29 is 4.42 Å². The van der Waals surface area contributed by atoms with Crippen LogP contribution in [0.3, 0.4) is 0 Å². The van der Waals surface area contributed by atoms with Crippen LogP contribution in [0.25, 0.3) is 38.8 Å². The lowest BCUT2D eigenvalue weighted by molar-refractivity contribution is 0.669. The number of allylic oxidation sites excluding steroid dienone is 1. The Hall–Kier alpha value is -3.20. The number of aliphatic imine (C=N–C) groups is 2. The molecular weight excluding hydrogens is 320 g/mol. The van der Waals surface area contributed by atoms with Crippen molar-refractivity contribution in [2.45, 2.75) is 19.4 Å². The molecule has 1 aliphatic heterocycles. The van der Waals surface area contributed by atoms with Crippen molar-refractivity contribution >= 4 is 50.8 Å². The molecule has 1 atom stereocenters. The van der Waals surface area contributed by atoms with Gasteiger partial charge in [-0.15, -0.1) is 0 Å². The molecule has 3 heteroatoms. The topological polar surface area (TPSA) is 37.9 Å². The van der Waals surface area contributed by atoms with Gasteiger partial charge in [-0.2, -0.15) is 0 Å². The van der Waals surface area contributed by atoms with E-state index in [1.807, 2.05) is 0 Å². The van der Waals surface area contributed by atoms with Gasteiger partial charge < -0.3 is 4.42 Å². The molecule has 26 heavy (non-hydrogen) atoms. The predicted octanol–water partition coefficient (Wildman–Crippen LogP) is 5.53. The minimum atomic E-state index is 0.103. The molecule has 0 bridgehead atoms. The summed E-state index contributed by atoms with van der Waals surface area (Å²) in [6.07, 6.45) is 7.07. The lowest BCUT2D eigenvalue weighted by Crippen LogP contribution is -2.12. The summed E-state index contributed by atoms with van der Waals surface area (Å²) in [6, 6.07) is 15.3. The lowest BCUT2D eigenvalue weighted by Gasteiger charge is -2.13. The minimum Gasteiger partial charge on any atom is -0.456 e. The molecule has 2 aliphatic rings. The average molecular weight is 336 g/mol. The van der Waals surface area contributed by atoms with E-state index in [1.165, 1.54) is 27.3 Å². The monoisotopic (exact) mass is 336 g/mol. The Bertz CT molecular complexity index is 1320. The molecule has 0 spiro atoms. The first kappa shape index (κ1) is 14.0. The van der Waals surface area contributed by atoms with Gasteiger partial charge in [-0.05, 0) is 53.4 Å². The first-order chi connectivity index (χ1) is 12.8. The van der Waals surface area contributed by atoms with Crippen LogP contribution in [0.4, 0.5) is 0 Å². The summed E-state index contributed by atoms with van der Waals surface area (Å²) >= 11 is 0. The molecule has 0 amide bonds. The fourth-order valence-corrected chi connectivity index (χ4v) is 4.32. The van der Waals surface area contributed by atoms with Gasteiger partial charge in [-0.1, -0.05) is 36.4 Å². The van der Waals surface area contributed by atoms with Crippen molar-refractivity contribution in [2.75, 3.05) is 0 Å². The van der Waals surface area contributed by atoms with E-state index in [0.717, 1.165) is 34.2 Å². The van der Waals surface area contributed by atoms with E-state index < -0.39 is 0 Å². The van der Waals surface area contributed by atoms with Gasteiger partial charge >= 0.3 is 0 Å². The molecule has 1 aromatic heterocycles. The van der Waals surface area contributed by atoms with Gasteiger partial charge in [0.15, 0.2) is 0 Å². The zero-order valence-corrected chi connectivity index (χ0v) is 14.4. The maximum absolute atomic E-state index is 6.27. The number of hydrogen-bond acceptors (Lipinski definition) is 3. The normalized spacial score (nSPS) is 18.3. The summed E-state index contributed by atoms with van der Waals surface area (Å²) in [6.45, 7) is 2.06. The predicted molar refractivity (Wildman–Crippen MR) is 108 cm³/mol. The molecule has 3 nitrogen and oxygen atoms in total. The maximum atomic E-state index is 6.27. The molecule has 4 aromatic rings. The first-order valence-corrected chi connectivity index (χ1v) is 8.97. The van der Waals surface area contributed by atoms with Gasteiger partial charge in [-0.25, -0.2) is 4.99 Å². The molecule has 0 radical (unpaired) electrons. The molecule has 0 saturated heterocycles. The Labute approximate surface area is 150 Å². The second-order valence-electron chi connectivity index (χ2n) is 7.05. The van der Waals surface area contributed by atoms with Crippen molar-refractivity contribution in [2.24, 2.45) is 9.98 Å². The molecule has 0 fully saturated rings. The number of hydrogen-bond donors (Lipinski definition) is 0. The van der Waals surface area contributed by atoms with E-state index in [1.54, 1.807) is 6.34 Å². The molecule has 1 aliphatic carbocycles. The highest BCUT2D eigenvalue weighted by molar-refractivity contribution is 6.22. The molecule has 124 valence electrons. The lowest BCUT2D eigenvalue weighted by atomic mass is 9.90. The Balaban J connectivity index is 1.69. The van der Waals surface area contributed by atoms with Gasteiger partial charge in [0.05, 0.1) is 11.8 Å². The first-order valence-electron chi connectivity index (χ1n) is 8.97. The summed E-state index contributed by atoms with van der Waals surface area (Å²) in [5, 5.41) is 5.01. The molecular formula is C23H16N2O. The van der Waals surface area contributed by atoms with E-state index in [-0.39, 0.29) is 6.04 Å². The van der Waals surface area contributed by atoms with Crippen LogP contribution in [0.2, 0.25) is 0 Å². The molecule has 2 heterocycles. The average Bonchev–Trinajstić information content (AvgIpc) is 3.24. The molecule has 0 saturated carbocycles. The van der Waals surface area contributed by atoms with Gasteiger partial charge in [0.2, 0.25) is 0 Å². The van der Waals surface area contributed by atoms with Crippen LogP contribution in [-0.2, 0) is 6.42 Å². The minimum absolute atomic E-state index is 0.103. The van der Waals surface area contributed by atoms with Gasteiger partial charge in [0.25, 0.3) is 0 Å². The van der Waals surface area contributed by atoms with Crippen LogP contribution < -0.4 is 0 Å². The number of rotatable bonds is 1. The van der Waals surface area contributed by atoms with E-state index in [2.05, 4.69) is 71.5 Å². The van der Waals surface area contributed by atoms with Crippen LogP contribution in [0, 0.1) is 0 Å². The Morgan fingerprint density at radius 2 is 1.96 bits per heavy atom. The van der Waals surface area contributed by atoms with Crippen LogP contribution in [-0.4, -0.2) is 18.1 Å². The van der Waals surface area contributed by atoms with Crippen molar-refractivity contribution in [3.8, 4) is 0 Å². The van der Waals surface area contributed by atoms with E-state index >= 15 is 0 Å².